The van der Waals surface area contributed by atoms with Gasteiger partial charge in [-0.25, -0.2) is 8.78 Å². The smallest absolute Gasteiger partial charge is 0.191 e. The number of hydrogen-bond donors (Lipinski definition) is 0. The van der Waals surface area contributed by atoms with E-state index in [9.17, 15) is 8.78 Å². The summed E-state index contributed by atoms with van der Waals surface area (Å²) in [6.07, 6.45) is 5.17. The van der Waals surface area contributed by atoms with Crippen LogP contribution in [-0.4, -0.2) is 6.10 Å². The van der Waals surface area contributed by atoms with Gasteiger partial charge in [0, 0.05) is 5.33 Å². The van der Waals surface area contributed by atoms with Gasteiger partial charge < -0.3 is 4.74 Å². The van der Waals surface area contributed by atoms with Gasteiger partial charge in [0.2, 0.25) is 0 Å². The highest BCUT2D eigenvalue weighted by Crippen LogP contribution is 2.33. The van der Waals surface area contributed by atoms with E-state index in [0.29, 0.717) is 16.8 Å². The van der Waals surface area contributed by atoms with Crippen molar-refractivity contribution in [3.63, 3.8) is 0 Å². The molecule has 1 nitrogen and oxygen atoms in total. The van der Waals surface area contributed by atoms with E-state index in [-0.39, 0.29) is 11.9 Å². The van der Waals surface area contributed by atoms with Gasteiger partial charge in [0.15, 0.2) is 17.4 Å². The molecule has 1 aromatic carbocycles. The molecular formula is C15H19BrF2O. The zero-order chi connectivity index (χ0) is 13.8. The average Bonchev–Trinajstić information content (AvgIpc) is 2.43. The van der Waals surface area contributed by atoms with Crippen LogP contribution in [0.25, 0.3) is 0 Å². The maximum absolute atomic E-state index is 13.9. The number of ether oxygens (including phenoxy) is 1. The lowest BCUT2D eigenvalue weighted by molar-refractivity contribution is 0.0819. The van der Waals surface area contributed by atoms with Crippen molar-refractivity contribution in [3.8, 4) is 5.75 Å². The Hall–Kier alpha value is -0.640. The fraction of sp³-hybridized carbons (Fsp3) is 0.600. The monoisotopic (exact) mass is 332 g/mol. The standard InChI is InChI=1S/C15H19BrF2O/c1-2-11-5-3-4-6-14(11)19-15-12(17)7-10(9-16)8-13(15)18/h7-8,11,14H,2-6,9H2,1H3. The molecular weight excluding hydrogens is 314 g/mol. The first-order chi connectivity index (χ1) is 9.15. The molecule has 106 valence electrons. The quantitative estimate of drug-likeness (QED) is 0.688. The third kappa shape index (κ3) is 3.47. The second kappa shape index (κ2) is 6.69. The zero-order valence-corrected chi connectivity index (χ0v) is 12.7. The van der Waals surface area contributed by atoms with Gasteiger partial charge in [0.25, 0.3) is 0 Å². The van der Waals surface area contributed by atoms with Gasteiger partial charge in [-0.1, -0.05) is 29.3 Å². The Bertz CT molecular complexity index is 413. The molecule has 1 aromatic rings. The number of halogens is 3. The summed E-state index contributed by atoms with van der Waals surface area (Å²) in [6, 6.07) is 2.66. The van der Waals surface area contributed by atoms with Crippen molar-refractivity contribution in [1.29, 1.82) is 0 Å². The fourth-order valence-electron chi connectivity index (χ4n) is 2.75. The molecule has 2 unspecified atom stereocenters. The van der Waals surface area contributed by atoms with E-state index in [0.717, 1.165) is 25.7 Å². The molecule has 0 bridgehead atoms. The van der Waals surface area contributed by atoms with Gasteiger partial charge in [-0.2, -0.15) is 0 Å². The lowest BCUT2D eigenvalue weighted by atomic mass is 9.85. The third-order valence-electron chi connectivity index (χ3n) is 3.85. The van der Waals surface area contributed by atoms with E-state index in [2.05, 4.69) is 22.9 Å². The van der Waals surface area contributed by atoms with Crippen LogP contribution in [-0.2, 0) is 5.33 Å². The van der Waals surface area contributed by atoms with E-state index < -0.39 is 11.6 Å². The Kier molecular flexibility index (Phi) is 5.20. The van der Waals surface area contributed by atoms with Gasteiger partial charge in [-0.05, 0) is 49.3 Å². The molecule has 0 amide bonds. The SMILES string of the molecule is CCC1CCCCC1Oc1c(F)cc(CBr)cc1F. The first-order valence-electron chi connectivity index (χ1n) is 6.86. The summed E-state index contributed by atoms with van der Waals surface area (Å²) >= 11 is 3.20. The van der Waals surface area contributed by atoms with Crippen LogP contribution in [0.5, 0.6) is 5.75 Å². The summed E-state index contributed by atoms with van der Waals surface area (Å²) < 4.78 is 33.5. The second-order valence-electron chi connectivity index (χ2n) is 5.13. The Morgan fingerprint density at radius 3 is 2.42 bits per heavy atom. The Balaban J connectivity index is 2.18. The number of benzene rings is 1. The summed E-state index contributed by atoms with van der Waals surface area (Å²) in [7, 11) is 0. The zero-order valence-electron chi connectivity index (χ0n) is 11.1. The first-order valence-corrected chi connectivity index (χ1v) is 7.98. The highest BCUT2D eigenvalue weighted by molar-refractivity contribution is 9.08. The Morgan fingerprint density at radius 1 is 1.21 bits per heavy atom. The van der Waals surface area contributed by atoms with Crippen LogP contribution in [0.15, 0.2) is 12.1 Å². The fourth-order valence-corrected chi connectivity index (χ4v) is 3.07. The van der Waals surface area contributed by atoms with E-state index in [1.54, 1.807) is 0 Å². The molecule has 1 aliphatic rings. The number of alkyl halides is 1. The molecule has 0 radical (unpaired) electrons. The first kappa shape index (κ1) is 14.8. The van der Waals surface area contributed by atoms with Crippen LogP contribution in [0.2, 0.25) is 0 Å². The van der Waals surface area contributed by atoms with E-state index in [1.807, 2.05) is 0 Å². The molecule has 4 heteroatoms. The Morgan fingerprint density at radius 2 is 1.84 bits per heavy atom. The minimum absolute atomic E-state index is 0.0578. The van der Waals surface area contributed by atoms with Crippen LogP contribution in [0.3, 0.4) is 0 Å². The van der Waals surface area contributed by atoms with Gasteiger partial charge in [-0.15, -0.1) is 0 Å². The summed E-state index contributed by atoms with van der Waals surface area (Å²) in [5, 5.41) is 0.433. The van der Waals surface area contributed by atoms with Crippen LogP contribution in [0, 0.1) is 17.6 Å². The molecule has 1 fully saturated rings. The van der Waals surface area contributed by atoms with Crippen LogP contribution in [0.1, 0.15) is 44.6 Å². The lowest BCUT2D eigenvalue weighted by Gasteiger charge is -2.31. The predicted octanol–water partition coefficient (Wildman–Crippen LogP) is 5.21. The number of hydrogen-bond acceptors (Lipinski definition) is 1. The molecule has 0 heterocycles. The number of rotatable bonds is 4. The molecule has 1 aliphatic carbocycles. The van der Waals surface area contributed by atoms with Crippen molar-refractivity contribution in [3.05, 3.63) is 29.3 Å². The van der Waals surface area contributed by atoms with Gasteiger partial charge >= 0.3 is 0 Å². The minimum Gasteiger partial charge on any atom is -0.484 e. The van der Waals surface area contributed by atoms with Crippen LogP contribution in [0.4, 0.5) is 8.78 Å². The van der Waals surface area contributed by atoms with E-state index >= 15 is 0 Å². The average molecular weight is 333 g/mol. The summed E-state index contributed by atoms with van der Waals surface area (Å²) in [5.74, 6) is -1.01. The molecule has 0 spiro atoms. The molecule has 0 aliphatic heterocycles. The maximum atomic E-state index is 13.9. The molecule has 0 saturated heterocycles. The molecule has 19 heavy (non-hydrogen) atoms. The van der Waals surface area contributed by atoms with Crippen molar-refractivity contribution in [1.82, 2.24) is 0 Å². The van der Waals surface area contributed by atoms with Crippen molar-refractivity contribution >= 4 is 15.9 Å². The van der Waals surface area contributed by atoms with E-state index in [4.69, 9.17) is 4.74 Å². The van der Waals surface area contributed by atoms with Gasteiger partial charge in [0.1, 0.15) is 6.10 Å². The molecule has 2 rings (SSSR count). The summed E-state index contributed by atoms with van der Waals surface area (Å²) in [6.45, 7) is 2.10. The predicted molar refractivity (Wildman–Crippen MR) is 75.7 cm³/mol. The Labute approximate surface area is 121 Å². The lowest BCUT2D eigenvalue weighted by Crippen LogP contribution is -2.30. The second-order valence-corrected chi connectivity index (χ2v) is 5.69. The van der Waals surface area contributed by atoms with Crippen molar-refractivity contribution < 1.29 is 13.5 Å². The summed E-state index contributed by atoms with van der Waals surface area (Å²) in [4.78, 5) is 0. The molecule has 0 aromatic heterocycles. The van der Waals surface area contributed by atoms with Crippen molar-refractivity contribution in [2.24, 2.45) is 5.92 Å². The largest absolute Gasteiger partial charge is 0.484 e. The minimum atomic E-state index is -0.602. The van der Waals surface area contributed by atoms with Gasteiger partial charge in [0.05, 0.1) is 0 Å². The van der Waals surface area contributed by atoms with Crippen molar-refractivity contribution in [2.75, 3.05) is 0 Å². The third-order valence-corrected chi connectivity index (χ3v) is 4.49. The normalized spacial score (nSPS) is 23.4. The molecule has 1 saturated carbocycles. The van der Waals surface area contributed by atoms with Crippen LogP contribution < -0.4 is 4.74 Å². The molecule has 0 N–H and O–H groups in total. The highest BCUT2D eigenvalue weighted by Gasteiger charge is 2.27. The molecule has 2 atom stereocenters. The summed E-state index contributed by atoms with van der Waals surface area (Å²) in [5.41, 5.74) is 0.582. The van der Waals surface area contributed by atoms with Crippen LogP contribution >= 0.6 is 15.9 Å². The maximum Gasteiger partial charge on any atom is 0.191 e. The van der Waals surface area contributed by atoms with Gasteiger partial charge in [-0.3, -0.25) is 0 Å². The topological polar surface area (TPSA) is 9.23 Å². The highest BCUT2D eigenvalue weighted by atomic mass is 79.9. The van der Waals surface area contributed by atoms with E-state index in [1.165, 1.54) is 18.6 Å². The van der Waals surface area contributed by atoms with Crippen molar-refractivity contribution in [2.45, 2.75) is 50.5 Å².